The van der Waals surface area contributed by atoms with E-state index in [2.05, 4.69) is 39.2 Å². The van der Waals surface area contributed by atoms with Crippen LogP contribution in [-0.4, -0.2) is 31.2 Å². The first kappa shape index (κ1) is 20.3. The summed E-state index contributed by atoms with van der Waals surface area (Å²) in [7, 11) is -1.84. The van der Waals surface area contributed by atoms with Crippen molar-refractivity contribution in [2.75, 3.05) is 6.61 Å². The lowest BCUT2D eigenvalue weighted by molar-refractivity contribution is 0.227. The molecule has 1 aliphatic carbocycles. The molecule has 0 saturated carbocycles. The summed E-state index contributed by atoms with van der Waals surface area (Å²) in [6.07, 6.45) is 7.99. The van der Waals surface area contributed by atoms with Crippen LogP contribution >= 0.6 is 0 Å². The Morgan fingerprint density at radius 3 is 2.19 bits per heavy atom. The highest BCUT2D eigenvalue weighted by Crippen LogP contribution is 2.37. The van der Waals surface area contributed by atoms with Gasteiger partial charge in [0.25, 0.3) is 0 Å². The third-order valence-corrected chi connectivity index (χ3v) is 9.44. The first-order valence-corrected chi connectivity index (χ1v) is 12.0. The van der Waals surface area contributed by atoms with Crippen LogP contribution in [0.4, 0.5) is 0 Å². The summed E-state index contributed by atoms with van der Waals surface area (Å²) in [6.45, 7) is 11.1. The van der Waals surface area contributed by atoms with Crippen molar-refractivity contribution in [1.29, 1.82) is 0 Å². The number of hydrogen-bond donors (Lipinski definition) is 3. The molecule has 1 aromatic carbocycles. The van der Waals surface area contributed by atoms with Crippen molar-refractivity contribution >= 4 is 8.32 Å². The monoisotopic (exact) mass is 373 g/mol. The minimum atomic E-state index is -1.84. The molecule has 2 rings (SSSR count). The third kappa shape index (κ3) is 5.26. The molecular weight excluding hydrogens is 342 g/mol. The zero-order valence-corrected chi connectivity index (χ0v) is 17.4. The Morgan fingerprint density at radius 2 is 1.69 bits per heavy atom. The summed E-state index contributed by atoms with van der Waals surface area (Å²) >= 11 is 0. The summed E-state index contributed by atoms with van der Waals surface area (Å²) in [5.74, 6) is 0.979. The van der Waals surface area contributed by atoms with Gasteiger partial charge in [0.15, 0.2) is 5.88 Å². The van der Waals surface area contributed by atoms with Crippen molar-refractivity contribution in [2.45, 2.75) is 51.4 Å². The van der Waals surface area contributed by atoms with Gasteiger partial charge in [0, 0.05) is 5.57 Å². The van der Waals surface area contributed by atoms with E-state index in [1.807, 2.05) is 48.6 Å². The van der Waals surface area contributed by atoms with Crippen LogP contribution in [0.25, 0.3) is 0 Å². The number of aliphatic hydroxyl groups is 2. The van der Waals surface area contributed by atoms with Crippen molar-refractivity contribution in [2.24, 2.45) is 0 Å². The van der Waals surface area contributed by atoms with Crippen LogP contribution in [0.2, 0.25) is 18.1 Å². The fourth-order valence-electron chi connectivity index (χ4n) is 2.40. The van der Waals surface area contributed by atoms with E-state index >= 15 is 0 Å². The molecule has 0 spiro atoms. The Hall–Kier alpha value is -1.98. The van der Waals surface area contributed by atoms with Gasteiger partial charge in [-0.1, -0.05) is 45.1 Å². The second-order valence-corrected chi connectivity index (χ2v) is 13.0. The zero-order chi connectivity index (χ0) is 19.4. The van der Waals surface area contributed by atoms with Crippen LogP contribution in [0.1, 0.15) is 26.3 Å². The lowest BCUT2D eigenvalue weighted by atomic mass is 10.1. The van der Waals surface area contributed by atoms with E-state index in [9.17, 15) is 10.2 Å². The molecule has 0 unspecified atom stereocenters. The number of allylic oxidation sites excluding steroid dienone is 5. The number of nitrogens with one attached hydrogen (secondary N) is 1. The van der Waals surface area contributed by atoms with E-state index in [-0.39, 0.29) is 23.6 Å². The highest BCUT2D eigenvalue weighted by Gasteiger charge is 2.38. The van der Waals surface area contributed by atoms with E-state index in [0.717, 1.165) is 16.9 Å². The maximum atomic E-state index is 10.1. The predicted octanol–water partition coefficient (Wildman–Crippen LogP) is 4.46. The van der Waals surface area contributed by atoms with E-state index in [4.69, 9.17) is 4.43 Å². The molecule has 0 fully saturated rings. The Labute approximate surface area is 158 Å². The first-order chi connectivity index (χ1) is 12.1. The van der Waals surface area contributed by atoms with Gasteiger partial charge < -0.3 is 20.0 Å². The van der Waals surface area contributed by atoms with E-state index in [0.29, 0.717) is 6.42 Å². The predicted molar refractivity (Wildman–Crippen MR) is 110 cm³/mol. The largest absolute Gasteiger partial charge is 0.544 e. The molecule has 0 bridgehead atoms. The van der Waals surface area contributed by atoms with E-state index < -0.39 is 8.32 Å². The van der Waals surface area contributed by atoms with Crippen LogP contribution < -0.4 is 9.74 Å². The van der Waals surface area contributed by atoms with Gasteiger partial charge in [0.05, 0.1) is 12.6 Å². The molecule has 0 radical (unpaired) electrons. The smallest absolute Gasteiger partial charge is 0.250 e. The van der Waals surface area contributed by atoms with Crippen LogP contribution in [-0.2, 0) is 6.42 Å². The highest BCUT2D eigenvalue weighted by atomic mass is 28.4. The summed E-state index contributed by atoms with van der Waals surface area (Å²) in [5, 5.41) is 22.9. The lowest BCUT2D eigenvalue weighted by Crippen LogP contribution is -2.43. The molecule has 5 heteroatoms. The van der Waals surface area contributed by atoms with Crippen molar-refractivity contribution in [3.8, 4) is 5.75 Å². The van der Waals surface area contributed by atoms with Gasteiger partial charge in [-0.3, -0.25) is 0 Å². The van der Waals surface area contributed by atoms with Gasteiger partial charge in [-0.2, -0.15) is 0 Å². The minimum absolute atomic E-state index is 0.0625. The van der Waals surface area contributed by atoms with Gasteiger partial charge >= 0.3 is 0 Å². The third-order valence-electron chi connectivity index (χ3n) is 5.08. The SMILES string of the molecule is CC(C)(C)[Si](C)(C)Oc1ccc(C[C@@H](CO)NC(O)=C2C=CC=C2)cc1. The molecule has 0 aliphatic heterocycles. The molecule has 1 aromatic rings. The van der Waals surface area contributed by atoms with Crippen molar-refractivity contribution in [1.82, 2.24) is 5.32 Å². The molecule has 142 valence electrons. The molecule has 0 saturated heterocycles. The fourth-order valence-corrected chi connectivity index (χ4v) is 3.43. The normalized spacial score (nSPS) is 15.2. The lowest BCUT2D eigenvalue weighted by Gasteiger charge is -2.36. The molecular formula is C21H31NO3Si. The summed E-state index contributed by atoms with van der Waals surface area (Å²) < 4.78 is 6.30. The highest BCUT2D eigenvalue weighted by molar-refractivity contribution is 6.74. The molecule has 0 amide bonds. The quantitative estimate of drug-likeness (QED) is 0.488. The average molecular weight is 374 g/mol. The Bertz CT molecular complexity index is 683. The topological polar surface area (TPSA) is 61.7 Å². The average Bonchev–Trinajstić information content (AvgIpc) is 3.09. The second kappa shape index (κ2) is 8.14. The molecule has 4 nitrogen and oxygen atoms in total. The standard InChI is InChI=1S/C21H31NO3Si/c1-21(2,3)26(4,5)25-19-12-10-16(11-13-19)14-18(15-23)22-20(24)17-8-6-7-9-17/h6-13,18,22-24H,14-15H2,1-5H3/t18-/m0/s1. The van der Waals surface area contributed by atoms with Gasteiger partial charge in [-0.25, -0.2) is 0 Å². The van der Waals surface area contributed by atoms with Crippen LogP contribution in [0.5, 0.6) is 5.75 Å². The number of aliphatic hydroxyl groups excluding tert-OH is 2. The first-order valence-electron chi connectivity index (χ1n) is 9.06. The van der Waals surface area contributed by atoms with Crippen molar-refractivity contribution in [3.63, 3.8) is 0 Å². The summed E-state index contributed by atoms with van der Waals surface area (Å²) in [6, 6.07) is 7.77. The maximum Gasteiger partial charge on any atom is 0.250 e. The maximum absolute atomic E-state index is 10.1. The molecule has 1 aliphatic rings. The number of hydrogen-bond acceptors (Lipinski definition) is 4. The second-order valence-electron chi connectivity index (χ2n) is 8.26. The Morgan fingerprint density at radius 1 is 1.12 bits per heavy atom. The van der Waals surface area contributed by atoms with Crippen molar-refractivity contribution in [3.05, 3.63) is 65.6 Å². The minimum Gasteiger partial charge on any atom is -0.544 e. The van der Waals surface area contributed by atoms with E-state index in [1.165, 1.54) is 0 Å². The van der Waals surface area contributed by atoms with Crippen LogP contribution in [0.15, 0.2) is 60.0 Å². The molecule has 0 heterocycles. The van der Waals surface area contributed by atoms with Crippen molar-refractivity contribution < 1.29 is 14.6 Å². The number of benzene rings is 1. The molecule has 26 heavy (non-hydrogen) atoms. The van der Waals surface area contributed by atoms with Crippen LogP contribution in [0.3, 0.4) is 0 Å². The Kier molecular flexibility index (Phi) is 6.37. The molecule has 1 atom stereocenters. The Balaban J connectivity index is 2.00. The van der Waals surface area contributed by atoms with E-state index in [1.54, 1.807) is 0 Å². The van der Waals surface area contributed by atoms with Gasteiger partial charge in [0.2, 0.25) is 8.32 Å². The van der Waals surface area contributed by atoms with Crippen LogP contribution in [0, 0.1) is 0 Å². The summed E-state index contributed by atoms with van der Waals surface area (Å²) in [5.41, 5.74) is 1.80. The van der Waals surface area contributed by atoms with Gasteiger partial charge in [0.1, 0.15) is 5.75 Å². The molecule has 0 aromatic heterocycles. The fraction of sp³-hybridized carbons (Fsp3) is 0.429. The summed E-state index contributed by atoms with van der Waals surface area (Å²) in [4.78, 5) is 0. The number of rotatable bonds is 7. The van der Waals surface area contributed by atoms with Gasteiger partial charge in [-0.15, -0.1) is 0 Å². The van der Waals surface area contributed by atoms with Gasteiger partial charge in [-0.05, 0) is 54.4 Å². The zero-order valence-electron chi connectivity index (χ0n) is 16.4. The molecule has 3 N–H and O–H groups in total.